The molecular formula is C10H17IN4. The Morgan fingerprint density at radius 2 is 1.93 bits per heavy atom. The molecule has 0 aliphatic heterocycles. The SMILES string of the molecule is C1CC1.IC1CCCC(n2cnnn2)C1. The van der Waals surface area contributed by atoms with Crippen LogP contribution in [0.2, 0.25) is 0 Å². The lowest BCUT2D eigenvalue weighted by Crippen LogP contribution is -2.19. The quantitative estimate of drug-likeness (QED) is 0.590. The van der Waals surface area contributed by atoms with Crippen molar-refractivity contribution in [3.8, 4) is 0 Å². The summed E-state index contributed by atoms with van der Waals surface area (Å²) in [6.45, 7) is 0. The van der Waals surface area contributed by atoms with Gasteiger partial charge in [-0.3, -0.25) is 0 Å². The Labute approximate surface area is 104 Å². The highest BCUT2D eigenvalue weighted by molar-refractivity contribution is 14.1. The van der Waals surface area contributed by atoms with Gasteiger partial charge in [-0.25, -0.2) is 4.68 Å². The third kappa shape index (κ3) is 4.04. The van der Waals surface area contributed by atoms with Crippen LogP contribution in [0.15, 0.2) is 6.33 Å². The minimum absolute atomic E-state index is 0.538. The number of nitrogens with zero attached hydrogens (tertiary/aromatic N) is 4. The van der Waals surface area contributed by atoms with E-state index in [0.717, 1.165) is 3.92 Å². The first-order valence-electron chi connectivity index (χ1n) is 5.73. The van der Waals surface area contributed by atoms with Crippen LogP contribution in [0, 0.1) is 0 Å². The first kappa shape index (κ1) is 11.3. The molecule has 1 aromatic rings. The van der Waals surface area contributed by atoms with E-state index in [4.69, 9.17) is 0 Å². The summed E-state index contributed by atoms with van der Waals surface area (Å²) in [5.74, 6) is 0. The van der Waals surface area contributed by atoms with Crippen molar-refractivity contribution in [3.05, 3.63) is 6.33 Å². The predicted octanol–water partition coefficient (Wildman–Crippen LogP) is 2.76. The van der Waals surface area contributed by atoms with Crippen molar-refractivity contribution in [2.75, 3.05) is 0 Å². The molecule has 2 unspecified atom stereocenters. The largest absolute Gasteiger partial charge is 0.229 e. The smallest absolute Gasteiger partial charge is 0.138 e. The normalized spacial score (nSPS) is 29.1. The predicted molar refractivity (Wildman–Crippen MR) is 67.0 cm³/mol. The summed E-state index contributed by atoms with van der Waals surface area (Å²) >= 11 is 2.51. The van der Waals surface area contributed by atoms with Gasteiger partial charge in [-0.15, -0.1) is 5.10 Å². The Balaban J connectivity index is 0.000000244. The molecule has 0 spiro atoms. The van der Waals surface area contributed by atoms with Crippen molar-refractivity contribution in [1.82, 2.24) is 20.2 Å². The fraction of sp³-hybridized carbons (Fsp3) is 0.900. The van der Waals surface area contributed by atoms with Crippen LogP contribution >= 0.6 is 22.6 Å². The van der Waals surface area contributed by atoms with Crippen molar-refractivity contribution < 1.29 is 0 Å². The molecule has 0 bridgehead atoms. The molecule has 2 atom stereocenters. The molecule has 0 N–H and O–H groups in total. The second-order valence-corrected chi connectivity index (χ2v) is 6.03. The fourth-order valence-corrected chi connectivity index (χ4v) is 2.71. The van der Waals surface area contributed by atoms with E-state index < -0.39 is 0 Å². The highest BCUT2D eigenvalue weighted by Gasteiger charge is 2.21. The van der Waals surface area contributed by atoms with Gasteiger partial charge in [0.2, 0.25) is 0 Å². The number of hydrogen-bond donors (Lipinski definition) is 0. The van der Waals surface area contributed by atoms with Gasteiger partial charge < -0.3 is 0 Å². The van der Waals surface area contributed by atoms with E-state index >= 15 is 0 Å². The molecule has 4 nitrogen and oxygen atoms in total. The lowest BCUT2D eigenvalue weighted by atomic mass is 9.96. The van der Waals surface area contributed by atoms with Crippen LogP contribution in [0.25, 0.3) is 0 Å². The van der Waals surface area contributed by atoms with E-state index in [1.807, 2.05) is 4.68 Å². The number of tetrazole rings is 1. The maximum atomic E-state index is 3.93. The standard InChI is InChI=1S/C7H11IN4.C3H6/c8-6-2-1-3-7(4-6)12-5-9-10-11-12;1-2-3-1/h5-7H,1-4H2;1-3H2. The Bertz CT molecular complexity index is 270. The van der Waals surface area contributed by atoms with Crippen LogP contribution in [0.1, 0.15) is 51.0 Å². The summed E-state index contributed by atoms with van der Waals surface area (Å²) in [7, 11) is 0. The first-order valence-corrected chi connectivity index (χ1v) is 6.97. The summed E-state index contributed by atoms with van der Waals surface area (Å²) in [5.41, 5.74) is 0. The molecule has 2 fully saturated rings. The van der Waals surface area contributed by atoms with Gasteiger partial charge in [0.25, 0.3) is 0 Å². The maximum absolute atomic E-state index is 3.93. The van der Waals surface area contributed by atoms with Crippen LogP contribution in [0.5, 0.6) is 0 Å². The third-order valence-electron chi connectivity index (χ3n) is 2.68. The van der Waals surface area contributed by atoms with Gasteiger partial charge in [-0.05, 0) is 29.7 Å². The van der Waals surface area contributed by atoms with Gasteiger partial charge in [0.15, 0.2) is 0 Å². The molecule has 1 aromatic heterocycles. The van der Waals surface area contributed by atoms with Gasteiger partial charge in [-0.1, -0.05) is 48.3 Å². The zero-order valence-electron chi connectivity index (χ0n) is 8.85. The number of alkyl halides is 1. The highest BCUT2D eigenvalue weighted by atomic mass is 127. The summed E-state index contributed by atoms with van der Waals surface area (Å²) < 4.78 is 2.69. The van der Waals surface area contributed by atoms with Gasteiger partial charge >= 0.3 is 0 Å². The van der Waals surface area contributed by atoms with E-state index in [9.17, 15) is 0 Å². The van der Waals surface area contributed by atoms with Crippen molar-refractivity contribution >= 4 is 22.6 Å². The van der Waals surface area contributed by atoms with Crippen LogP contribution in [-0.2, 0) is 0 Å². The van der Waals surface area contributed by atoms with E-state index in [1.54, 1.807) is 6.33 Å². The summed E-state index contributed by atoms with van der Waals surface area (Å²) in [4.78, 5) is 0. The summed E-state index contributed by atoms with van der Waals surface area (Å²) in [5, 5.41) is 11.2. The molecule has 3 rings (SSSR count). The lowest BCUT2D eigenvalue weighted by molar-refractivity contribution is 0.336. The van der Waals surface area contributed by atoms with Gasteiger partial charge in [0.05, 0.1) is 6.04 Å². The number of rotatable bonds is 1. The second kappa shape index (κ2) is 5.77. The Morgan fingerprint density at radius 3 is 2.47 bits per heavy atom. The fourth-order valence-electron chi connectivity index (χ4n) is 1.68. The van der Waals surface area contributed by atoms with Gasteiger partial charge in [0, 0.05) is 3.92 Å². The molecule has 0 radical (unpaired) electrons. The van der Waals surface area contributed by atoms with E-state index in [2.05, 4.69) is 38.1 Å². The molecular weight excluding hydrogens is 303 g/mol. The third-order valence-corrected chi connectivity index (χ3v) is 3.81. The average molecular weight is 320 g/mol. The van der Waals surface area contributed by atoms with Crippen LogP contribution in [0.4, 0.5) is 0 Å². The van der Waals surface area contributed by atoms with E-state index in [1.165, 1.54) is 44.9 Å². The molecule has 0 saturated heterocycles. The summed E-state index contributed by atoms with van der Waals surface area (Å²) in [6, 6.07) is 0.538. The zero-order valence-corrected chi connectivity index (χ0v) is 11.0. The molecule has 2 aliphatic carbocycles. The number of hydrogen-bond acceptors (Lipinski definition) is 3. The monoisotopic (exact) mass is 320 g/mol. The molecule has 5 heteroatoms. The van der Waals surface area contributed by atoms with Crippen LogP contribution in [0.3, 0.4) is 0 Å². The van der Waals surface area contributed by atoms with Crippen LogP contribution < -0.4 is 0 Å². The molecule has 1 heterocycles. The zero-order chi connectivity index (χ0) is 10.5. The van der Waals surface area contributed by atoms with E-state index in [-0.39, 0.29) is 0 Å². The molecule has 84 valence electrons. The molecule has 0 aromatic carbocycles. The minimum Gasteiger partial charge on any atom is -0.229 e. The Morgan fingerprint density at radius 1 is 1.13 bits per heavy atom. The second-order valence-electron chi connectivity index (χ2n) is 4.27. The van der Waals surface area contributed by atoms with Crippen LogP contribution in [-0.4, -0.2) is 24.1 Å². The number of halogens is 1. The topological polar surface area (TPSA) is 43.6 Å². The van der Waals surface area contributed by atoms with Crippen molar-refractivity contribution in [2.45, 2.75) is 54.9 Å². The molecule has 2 saturated carbocycles. The Kier molecular flexibility index (Phi) is 4.34. The molecule has 2 aliphatic rings. The maximum Gasteiger partial charge on any atom is 0.138 e. The number of aromatic nitrogens is 4. The molecule has 15 heavy (non-hydrogen) atoms. The first-order chi connectivity index (χ1) is 7.36. The minimum atomic E-state index is 0.538. The van der Waals surface area contributed by atoms with Crippen molar-refractivity contribution in [3.63, 3.8) is 0 Å². The van der Waals surface area contributed by atoms with Gasteiger partial charge in [-0.2, -0.15) is 0 Å². The average Bonchev–Trinajstić information content (AvgIpc) is 3.02. The van der Waals surface area contributed by atoms with E-state index in [0.29, 0.717) is 6.04 Å². The lowest BCUT2D eigenvalue weighted by Gasteiger charge is -2.24. The van der Waals surface area contributed by atoms with Crippen molar-refractivity contribution in [2.24, 2.45) is 0 Å². The Hall–Kier alpha value is -0.200. The highest BCUT2D eigenvalue weighted by Crippen LogP contribution is 2.31. The van der Waals surface area contributed by atoms with Crippen molar-refractivity contribution in [1.29, 1.82) is 0 Å². The summed E-state index contributed by atoms with van der Waals surface area (Å²) in [6.07, 6.45) is 11.3. The molecule has 0 amide bonds. The van der Waals surface area contributed by atoms with Gasteiger partial charge in [0.1, 0.15) is 6.33 Å².